The van der Waals surface area contributed by atoms with E-state index in [1.165, 1.54) is 0 Å². The van der Waals surface area contributed by atoms with Crippen LogP contribution in [0.4, 0.5) is 0 Å². The lowest BCUT2D eigenvalue weighted by Crippen LogP contribution is -3.00. The number of nitrogens with zero attached hydrogens (tertiary/aromatic N) is 1. The summed E-state index contributed by atoms with van der Waals surface area (Å²) >= 11 is 0. The van der Waals surface area contributed by atoms with Crippen LogP contribution in [0.25, 0.3) is 0 Å². The first-order chi connectivity index (χ1) is 7.38. The highest BCUT2D eigenvalue weighted by Gasteiger charge is 2.10. The summed E-state index contributed by atoms with van der Waals surface area (Å²) in [7, 11) is 6.21. The van der Waals surface area contributed by atoms with Crippen molar-refractivity contribution in [3.05, 3.63) is 35.4 Å². The second-order valence-corrected chi connectivity index (χ2v) is 5.02. The van der Waals surface area contributed by atoms with E-state index in [1.54, 1.807) is 6.07 Å². The summed E-state index contributed by atoms with van der Waals surface area (Å²) in [5.74, 6) is -0.239. The third-order valence-electron chi connectivity index (χ3n) is 2.25. The number of hydrogen-bond donors (Lipinski definition) is 0. The average Bonchev–Trinajstić information content (AvgIpc) is 2.15. The van der Waals surface area contributed by atoms with Crippen molar-refractivity contribution >= 4 is 5.97 Å². The minimum atomic E-state index is -0.239. The lowest BCUT2D eigenvalue weighted by atomic mass is 10.1. The zero-order valence-electron chi connectivity index (χ0n) is 10.9. The van der Waals surface area contributed by atoms with Gasteiger partial charge in [-0.05, 0) is 19.1 Å². The molecule has 0 saturated carbocycles. The topological polar surface area (TPSA) is 26.3 Å². The number of quaternary nitrogens is 1. The molecule has 0 spiro atoms. The summed E-state index contributed by atoms with van der Waals surface area (Å²) in [5.41, 5.74) is 1.70. The van der Waals surface area contributed by atoms with E-state index in [1.807, 2.05) is 25.1 Å². The largest absolute Gasteiger partial charge is 1.00 e. The number of hydrogen-bond acceptors (Lipinski definition) is 2. The number of halogens is 1. The number of esters is 1. The Morgan fingerprint density at radius 2 is 1.94 bits per heavy atom. The van der Waals surface area contributed by atoms with E-state index in [9.17, 15) is 4.79 Å². The van der Waals surface area contributed by atoms with Crippen molar-refractivity contribution in [2.24, 2.45) is 0 Å². The van der Waals surface area contributed by atoms with Gasteiger partial charge in [0.1, 0.15) is 13.2 Å². The van der Waals surface area contributed by atoms with E-state index < -0.39 is 0 Å². The van der Waals surface area contributed by atoms with Gasteiger partial charge in [0.15, 0.2) is 0 Å². The highest BCUT2D eigenvalue weighted by molar-refractivity contribution is 5.89. The van der Waals surface area contributed by atoms with Crippen LogP contribution in [0.3, 0.4) is 0 Å². The molecule has 0 atom stereocenters. The van der Waals surface area contributed by atoms with Crippen LogP contribution < -0.4 is 12.4 Å². The van der Waals surface area contributed by atoms with Crippen LogP contribution in [0.2, 0.25) is 0 Å². The number of benzene rings is 1. The fraction of sp³-hybridized carbons (Fsp3) is 0.462. The zero-order valence-corrected chi connectivity index (χ0v) is 11.6. The normalized spacial score (nSPS) is 10.6. The molecule has 0 unspecified atom stereocenters. The molecule has 0 amide bonds. The van der Waals surface area contributed by atoms with Gasteiger partial charge in [-0.1, -0.05) is 17.7 Å². The molecule has 4 heteroatoms. The Morgan fingerprint density at radius 1 is 1.29 bits per heavy atom. The molecule has 0 saturated heterocycles. The van der Waals surface area contributed by atoms with Crippen molar-refractivity contribution in [2.75, 3.05) is 34.3 Å². The Kier molecular flexibility index (Phi) is 6.21. The average molecular weight is 258 g/mol. The van der Waals surface area contributed by atoms with E-state index >= 15 is 0 Å². The Labute approximate surface area is 109 Å². The maximum Gasteiger partial charge on any atom is 0.338 e. The van der Waals surface area contributed by atoms with Gasteiger partial charge in [0, 0.05) is 0 Å². The van der Waals surface area contributed by atoms with Crippen LogP contribution in [0, 0.1) is 6.92 Å². The molecular formula is C13H20ClNO2. The number of ether oxygens (including phenoxy) is 1. The van der Waals surface area contributed by atoms with Crippen LogP contribution >= 0.6 is 0 Å². The van der Waals surface area contributed by atoms with Gasteiger partial charge < -0.3 is 21.6 Å². The minimum Gasteiger partial charge on any atom is -1.00 e. The highest BCUT2D eigenvalue weighted by atomic mass is 35.5. The summed E-state index contributed by atoms with van der Waals surface area (Å²) in [6.45, 7) is 3.23. The molecule has 0 bridgehead atoms. The molecule has 0 aliphatic carbocycles. The highest BCUT2D eigenvalue weighted by Crippen LogP contribution is 2.05. The molecule has 96 valence electrons. The summed E-state index contributed by atoms with van der Waals surface area (Å²) in [4.78, 5) is 11.7. The quantitative estimate of drug-likeness (QED) is 0.504. The third-order valence-corrected chi connectivity index (χ3v) is 2.25. The monoisotopic (exact) mass is 257 g/mol. The molecule has 0 heterocycles. The lowest BCUT2D eigenvalue weighted by Gasteiger charge is -2.23. The fourth-order valence-electron chi connectivity index (χ4n) is 1.27. The van der Waals surface area contributed by atoms with Crippen molar-refractivity contribution in [3.8, 4) is 0 Å². The maximum absolute atomic E-state index is 11.7. The van der Waals surface area contributed by atoms with E-state index in [-0.39, 0.29) is 18.4 Å². The van der Waals surface area contributed by atoms with Gasteiger partial charge in [-0.3, -0.25) is 0 Å². The van der Waals surface area contributed by atoms with Crippen LogP contribution in [0.1, 0.15) is 15.9 Å². The number of aryl methyl sites for hydroxylation is 1. The van der Waals surface area contributed by atoms with Crippen LogP contribution in [0.15, 0.2) is 24.3 Å². The molecule has 0 aromatic heterocycles. The van der Waals surface area contributed by atoms with Gasteiger partial charge in [-0.15, -0.1) is 0 Å². The van der Waals surface area contributed by atoms with Crippen molar-refractivity contribution < 1.29 is 26.4 Å². The van der Waals surface area contributed by atoms with E-state index in [0.29, 0.717) is 12.2 Å². The predicted molar refractivity (Wildman–Crippen MR) is 64.4 cm³/mol. The molecule has 3 nitrogen and oxygen atoms in total. The van der Waals surface area contributed by atoms with Crippen LogP contribution in [-0.4, -0.2) is 44.7 Å². The SMILES string of the molecule is Cc1cccc(C(=O)OCC[N+](C)(C)C)c1.[Cl-]. The van der Waals surface area contributed by atoms with E-state index in [0.717, 1.165) is 16.6 Å². The van der Waals surface area contributed by atoms with Crippen LogP contribution in [-0.2, 0) is 4.74 Å². The molecule has 1 aromatic carbocycles. The lowest BCUT2D eigenvalue weighted by molar-refractivity contribution is -0.870. The van der Waals surface area contributed by atoms with Crippen molar-refractivity contribution in [3.63, 3.8) is 0 Å². The first-order valence-electron chi connectivity index (χ1n) is 5.43. The third kappa shape index (κ3) is 6.29. The first-order valence-corrected chi connectivity index (χ1v) is 5.43. The number of rotatable bonds is 4. The summed E-state index contributed by atoms with van der Waals surface area (Å²) in [5, 5.41) is 0. The van der Waals surface area contributed by atoms with E-state index in [2.05, 4.69) is 21.1 Å². The second-order valence-electron chi connectivity index (χ2n) is 5.02. The Morgan fingerprint density at radius 3 is 2.47 bits per heavy atom. The first kappa shape index (κ1) is 15.9. The number of carbonyl (C=O) groups is 1. The predicted octanol–water partition coefficient (Wildman–Crippen LogP) is -1.14. The van der Waals surface area contributed by atoms with Gasteiger partial charge in [0.05, 0.1) is 26.7 Å². The van der Waals surface area contributed by atoms with Gasteiger partial charge in [0.2, 0.25) is 0 Å². The Hall–Kier alpha value is -1.06. The zero-order chi connectivity index (χ0) is 12.2. The molecule has 0 N–H and O–H groups in total. The van der Waals surface area contributed by atoms with Crippen LogP contribution in [0.5, 0.6) is 0 Å². The molecule has 0 aliphatic rings. The molecule has 0 fully saturated rings. The van der Waals surface area contributed by atoms with E-state index in [4.69, 9.17) is 4.74 Å². The summed E-state index contributed by atoms with van der Waals surface area (Å²) in [6.07, 6.45) is 0. The van der Waals surface area contributed by atoms with Crippen molar-refractivity contribution in [1.82, 2.24) is 0 Å². The molecule has 0 aliphatic heterocycles. The molecule has 0 radical (unpaired) electrons. The Bertz CT molecular complexity index is 372. The van der Waals surface area contributed by atoms with Crippen molar-refractivity contribution in [1.29, 1.82) is 0 Å². The maximum atomic E-state index is 11.7. The van der Waals surface area contributed by atoms with Gasteiger partial charge >= 0.3 is 5.97 Å². The smallest absolute Gasteiger partial charge is 0.338 e. The Balaban J connectivity index is 0.00000256. The van der Waals surface area contributed by atoms with Gasteiger partial charge in [-0.2, -0.15) is 0 Å². The minimum absolute atomic E-state index is 0. The second kappa shape index (κ2) is 6.62. The number of carbonyl (C=O) groups excluding carboxylic acids is 1. The standard InChI is InChI=1S/C13H20NO2.ClH/c1-11-6-5-7-12(10-11)13(15)16-9-8-14(2,3)4;/h5-7,10H,8-9H2,1-4H3;1H/q+1;/p-1. The van der Waals surface area contributed by atoms with Crippen molar-refractivity contribution in [2.45, 2.75) is 6.92 Å². The molecule has 17 heavy (non-hydrogen) atoms. The van der Waals surface area contributed by atoms with Gasteiger partial charge in [-0.25, -0.2) is 4.79 Å². The molecular weight excluding hydrogens is 238 g/mol. The number of likely N-dealkylation sites (N-methyl/N-ethyl adjacent to an activating group) is 1. The fourth-order valence-corrected chi connectivity index (χ4v) is 1.27. The summed E-state index contributed by atoms with van der Waals surface area (Å²) in [6, 6.07) is 7.45. The molecule has 1 aromatic rings. The molecule has 1 rings (SSSR count). The van der Waals surface area contributed by atoms with Gasteiger partial charge in [0.25, 0.3) is 0 Å². The summed E-state index contributed by atoms with van der Waals surface area (Å²) < 4.78 is 6.00.